The molecule has 2 rings (SSSR count). The van der Waals surface area contributed by atoms with Crippen LogP contribution in [0.5, 0.6) is 0 Å². The van der Waals surface area contributed by atoms with Gasteiger partial charge < -0.3 is 16.0 Å². The molecule has 1 aromatic rings. The molecule has 1 heterocycles. The second-order valence-corrected chi connectivity index (χ2v) is 5.65. The number of nitrogen functional groups attached to an aromatic ring is 1. The molecule has 3 N–H and O–H groups in total. The van der Waals surface area contributed by atoms with Gasteiger partial charge in [-0.25, -0.2) is 4.98 Å². The summed E-state index contributed by atoms with van der Waals surface area (Å²) >= 11 is 5.96. The molecule has 0 saturated heterocycles. The molecule has 0 aromatic carbocycles. The lowest BCUT2D eigenvalue weighted by Crippen LogP contribution is -2.57. The standard InChI is InChI=1S/C13H19ClN4O/c1-18(2)13(4-3-5-13)8-17-12(19)9-6-11(15)16-7-10(9)14/h6-7H,3-5,8H2,1-2H3,(H2,15,16)(H,17,19). The van der Waals surface area contributed by atoms with E-state index in [1.54, 1.807) is 0 Å². The fraction of sp³-hybridized carbons (Fsp3) is 0.538. The Morgan fingerprint density at radius 1 is 1.58 bits per heavy atom. The summed E-state index contributed by atoms with van der Waals surface area (Å²) in [7, 11) is 4.09. The van der Waals surface area contributed by atoms with Crippen LogP contribution in [0.3, 0.4) is 0 Å². The van der Waals surface area contributed by atoms with E-state index >= 15 is 0 Å². The number of rotatable bonds is 4. The summed E-state index contributed by atoms with van der Waals surface area (Å²) in [4.78, 5) is 18.2. The zero-order chi connectivity index (χ0) is 14.0. The Morgan fingerprint density at radius 3 is 2.79 bits per heavy atom. The third kappa shape index (κ3) is 2.82. The van der Waals surface area contributed by atoms with Crippen molar-refractivity contribution >= 4 is 23.3 Å². The molecule has 1 saturated carbocycles. The molecule has 0 unspecified atom stereocenters. The monoisotopic (exact) mass is 282 g/mol. The van der Waals surface area contributed by atoms with Crippen LogP contribution in [0.15, 0.2) is 12.3 Å². The molecule has 104 valence electrons. The lowest BCUT2D eigenvalue weighted by molar-refractivity contribution is 0.0557. The summed E-state index contributed by atoms with van der Waals surface area (Å²) in [5.74, 6) is 0.0905. The maximum absolute atomic E-state index is 12.1. The molecular weight excluding hydrogens is 264 g/mol. The Balaban J connectivity index is 2.03. The first-order valence-electron chi connectivity index (χ1n) is 6.31. The Labute approximate surface area is 118 Å². The lowest BCUT2D eigenvalue weighted by Gasteiger charge is -2.47. The number of pyridine rings is 1. The second kappa shape index (κ2) is 5.35. The van der Waals surface area contributed by atoms with Crippen molar-refractivity contribution in [3.05, 3.63) is 22.8 Å². The van der Waals surface area contributed by atoms with Gasteiger partial charge in [0.25, 0.3) is 5.91 Å². The van der Waals surface area contributed by atoms with E-state index in [0.717, 1.165) is 12.8 Å². The highest BCUT2D eigenvalue weighted by Crippen LogP contribution is 2.35. The van der Waals surface area contributed by atoms with Gasteiger partial charge in [0.05, 0.1) is 10.6 Å². The van der Waals surface area contributed by atoms with Gasteiger partial charge in [-0.05, 0) is 39.4 Å². The number of likely N-dealkylation sites (N-methyl/N-ethyl adjacent to an activating group) is 1. The van der Waals surface area contributed by atoms with Gasteiger partial charge in [0.1, 0.15) is 5.82 Å². The SMILES string of the molecule is CN(C)C1(CNC(=O)c2cc(N)ncc2Cl)CCC1. The number of nitrogens with one attached hydrogen (secondary N) is 1. The molecule has 1 amide bonds. The van der Waals surface area contributed by atoms with Crippen molar-refractivity contribution in [1.82, 2.24) is 15.2 Å². The predicted molar refractivity (Wildman–Crippen MR) is 76.3 cm³/mol. The second-order valence-electron chi connectivity index (χ2n) is 5.24. The van der Waals surface area contributed by atoms with E-state index in [1.807, 2.05) is 14.1 Å². The van der Waals surface area contributed by atoms with Gasteiger partial charge in [-0.15, -0.1) is 0 Å². The quantitative estimate of drug-likeness (QED) is 0.879. The molecule has 1 aromatic heterocycles. The minimum atomic E-state index is -0.202. The molecule has 1 fully saturated rings. The molecule has 0 aliphatic heterocycles. The summed E-state index contributed by atoms with van der Waals surface area (Å²) in [6.45, 7) is 0.622. The molecule has 0 spiro atoms. The first kappa shape index (κ1) is 14.1. The minimum Gasteiger partial charge on any atom is -0.384 e. The molecule has 19 heavy (non-hydrogen) atoms. The summed E-state index contributed by atoms with van der Waals surface area (Å²) in [6.07, 6.45) is 4.81. The van der Waals surface area contributed by atoms with Gasteiger partial charge in [0.2, 0.25) is 0 Å². The topological polar surface area (TPSA) is 71.2 Å². The van der Waals surface area contributed by atoms with E-state index in [2.05, 4.69) is 15.2 Å². The highest BCUT2D eigenvalue weighted by molar-refractivity contribution is 6.33. The molecule has 1 aliphatic rings. The fourth-order valence-electron chi connectivity index (χ4n) is 2.34. The first-order chi connectivity index (χ1) is 8.94. The third-order valence-corrected chi connectivity index (χ3v) is 4.23. The van der Waals surface area contributed by atoms with E-state index in [1.165, 1.54) is 18.7 Å². The number of nitrogens with two attached hydrogens (primary N) is 1. The first-order valence-corrected chi connectivity index (χ1v) is 6.69. The van der Waals surface area contributed by atoms with Crippen molar-refractivity contribution in [2.75, 3.05) is 26.4 Å². The fourth-order valence-corrected chi connectivity index (χ4v) is 2.53. The largest absolute Gasteiger partial charge is 0.384 e. The van der Waals surface area contributed by atoms with Crippen molar-refractivity contribution < 1.29 is 4.79 Å². The Morgan fingerprint density at radius 2 is 2.26 bits per heavy atom. The Bertz CT molecular complexity index is 486. The molecule has 0 radical (unpaired) electrons. The molecule has 0 atom stereocenters. The maximum atomic E-state index is 12.1. The van der Waals surface area contributed by atoms with Crippen LogP contribution in [0, 0.1) is 0 Å². The number of amides is 1. The van der Waals surface area contributed by atoms with Gasteiger partial charge in [-0.3, -0.25) is 4.79 Å². The van der Waals surface area contributed by atoms with Crippen molar-refractivity contribution in [2.24, 2.45) is 0 Å². The highest BCUT2D eigenvalue weighted by Gasteiger charge is 2.39. The molecular formula is C13H19ClN4O. The van der Waals surface area contributed by atoms with Crippen LogP contribution >= 0.6 is 11.6 Å². The van der Waals surface area contributed by atoms with Crippen molar-refractivity contribution in [2.45, 2.75) is 24.8 Å². The van der Waals surface area contributed by atoms with Crippen molar-refractivity contribution in [3.8, 4) is 0 Å². The maximum Gasteiger partial charge on any atom is 0.253 e. The summed E-state index contributed by atoms with van der Waals surface area (Å²) in [6, 6.07) is 1.50. The number of carbonyl (C=O) groups excluding carboxylic acids is 1. The number of nitrogens with zero attached hydrogens (tertiary/aromatic N) is 2. The summed E-state index contributed by atoms with van der Waals surface area (Å²) in [5.41, 5.74) is 6.04. The lowest BCUT2D eigenvalue weighted by atomic mass is 9.75. The van der Waals surface area contributed by atoms with Crippen LogP contribution in [-0.4, -0.2) is 42.0 Å². The summed E-state index contributed by atoms with van der Waals surface area (Å²) < 4.78 is 0. The van der Waals surface area contributed by atoms with E-state index < -0.39 is 0 Å². The van der Waals surface area contributed by atoms with Crippen LogP contribution < -0.4 is 11.1 Å². The van der Waals surface area contributed by atoms with Crippen LogP contribution in [0.4, 0.5) is 5.82 Å². The zero-order valence-corrected chi connectivity index (χ0v) is 12.0. The van der Waals surface area contributed by atoms with Crippen LogP contribution in [0.1, 0.15) is 29.6 Å². The van der Waals surface area contributed by atoms with Gasteiger partial charge in [-0.1, -0.05) is 11.6 Å². The van der Waals surface area contributed by atoms with E-state index in [0.29, 0.717) is 22.9 Å². The number of anilines is 1. The predicted octanol–water partition coefficient (Wildman–Crippen LogP) is 1.53. The third-order valence-electron chi connectivity index (χ3n) is 3.93. The Kier molecular flexibility index (Phi) is 3.96. The molecule has 6 heteroatoms. The normalized spacial score (nSPS) is 17.1. The van der Waals surface area contributed by atoms with Gasteiger partial charge in [0.15, 0.2) is 0 Å². The minimum absolute atomic E-state index is 0.0840. The average molecular weight is 283 g/mol. The van der Waals surface area contributed by atoms with Crippen molar-refractivity contribution in [1.29, 1.82) is 0 Å². The van der Waals surface area contributed by atoms with Gasteiger partial charge in [0, 0.05) is 18.3 Å². The van der Waals surface area contributed by atoms with E-state index in [4.69, 9.17) is 17.3 Å². The number of carbonyl (C=O) groups is 1. The van der Waals surface area contributed by atoms with Crippen molar-refractivity contribution in [3.63, 3.8) is 0 Å². The highest BCUT2D eigenvalue weighted by atomic mass is 35.5. The van der Waals surface area contributed by atoms with E-state index in [-0.39, 0.29) is 11.4 Å². The van der Waals surface area contributed by atoms with Crippen LogP contribution in [0.2, 0.25) is 5.02 Å². The number of aromatic nitrogens is 1. The number of hydrogen-bond acceptors (Lipinski definition) is 4. The van der Waals surface area contributed by atoms with Gasteiger partial charge >= 0.3 is 0 Å². The zero-order valence-electron chi connectivity index (χ0n) is 11.2. The number of halogens is 1. The van der Waals surface area contributed by atoms with E-state index in [9.17, 15) is 4.79 Å². The average Bonchev–Trinajstić information content (AvgIpc) is 2.30. The van der Waals surface area contributed by atoms with Gasteiger partial charge in [-0.2, -0.15) is 0 Å². The molecule has 0 bridgehead atoms. The molecule has 5 nitrogen and oxygen atoms in total. The van der Waals surface area contributed by atoms with Crippen LogP contribution in [-0.2, 0) is 0 Å². The van der Waals surface area contributed by atoms with Crippen LogP contribution in [0.25, 0.3) is 0 Å². The molecule has 1 aliphatic carbocycles. The summed E-state index contributed by atoms with van der Waals surface area (Å²) in [5, 5.41) is 3.26. The Hall–Kier alpha value is -1.33. The number of hydrogen-bond donors (Lipinski definition) is 2. The smallest absolute Gasteiger partial charge is 0.253 e.